The second kappa shape index (κ2) is 10.4. The van der Waals surface area contributed by atoms with Gasteiger partial charge in [0.2, 0.25) is 0 Å². The molecule has 1 N–H and O–H groups in total. The monoisotopic (exact) mass is 457 g/mol. The van der Waals surface area contributed by atoms with Gasteiger partial charge < -0.3 is 19.4 Å². The van der Waals surface area contributed by atoms with Crippen molar-refractivity contribution < 1.29 is 14.3 Å². The summed E-state index contributed by atoms with van der Waals surface area (Å²) in [5.41, 5.74) is 6.28. The van der Waals surface area contributed by atoms with Crippen LogP contribution in [-0.4, -0.2) is 28.7 Å². The van der Waals surface area contributed by atoms with Crippen molar-refractivity contribution in [1.29, 1.82) is 0 Å². The lowest BCUT2D eigenvalue weighted by molar-refractivity contribution is -0.123. The second-order valence-electron chi connectivity index (χ2n) is 8.62. The Morgan fingerprint density at radius 1 is 0.882 bits per heavy atom. The maximum Gasteiger partial charge on any atom is 0.258 e. The van der Waals surface area contributed by atoms with Gasteiger partial charge in [0.15, 0.2) is 6.61 Å². The zero-order valence-corrected chi connectivity index (χ0v) is 20.2. The Morgan fingerprint density at radius 3 is 2.24 bits per heavy atom. The molecule has 6 heteroatoms. The van der Waals surface area contributed by atoms with Gasteiger partial charge in [-0.1, -0.05) is 36.4 Å². The number of nitrogens with one attached hydrogen (secondary N) is 1. The normalized spacial score (nSPS) is 10.9. The summed E-state index contributed by atoms with van der Waals surface area (Å²) < 4.78 is 13.9. The molecule has 4 rings (SSSR count). The predicted octanol–water partition coefficient (Wildman–Crippen LogP) is 5.04. The van der Waals surface area contributed by atoms with Crippen LogP contribution in [0.25, 0.3) is 11.0 Å². The number of benzene rings is 3. The van der Waals surface area contributed by atoms with Crippen LogP contribution >= 0.6 is 0 Å². The number of ether oxygens (including phenoxy) is 2. The SMILES string of the molecule is Cc1ccc(C)c(OCCn2c(CNC(=O)COc3cc(C)ccc3C)nc3ccccc32)c1. The predicted molar refractivity (Wildman–Crippen MR) is 134 cm³/mol. The van der Waals surface area contributed by atoms with E-state index in [0.717, 1.165) is 45.0 Å². The molecule has 0 bridgehead atoms. The summed E-state index contributed by atoms with van der Waals surface area (Å²) in [6.45, 7) is 9.46. The molecule has 0 aliphatic heterocycles. The van der Waals surface area contributed by atoms with E-state index < -0.39 is 0 Å². The number of aryl methyl sites for hydroxylation is 4. The van der Waals surface area contributed by atoms with Crippen molar-refractivity contribution in [2.75, 3.05) is 13.2 Å². The fourth-order valence-corrected chi connectivity index (χ4v) is 3.85. The fourth-order valence-electron chi connectivity index (χ4n) is 3.85. The fraction of sp³-hybridized carbons (Fsp3) is 0.286. The molecular weight excluding hydrogens is 426 g/mol. The average molecular weight is 458 g/mol. The van der Waals surface area contributed by atoms with Crippen LogP contribution in [0.15, 0.2) is 60.7 Å². The number of carbonyl (C=O) groups is 1. The van der Waals surface area contributed by atoms with Crippen molar-refractivity contribution in [3.05, 3.63) is 88.7 Å². The third kappa shape index (κ3) is 5.57. The van der Waals surface area contributed by atoms with E-state index in [-0.39, 0.29) is 12.5 Å². The van der Waals surface area contributed by atoms with Gasteiger partial charge in [-0.25, -0.2) is 4.98 Å². The topological polar surface area (TPSA) is 65.4 Å². The number of rotatable bonds is 9. The maximum atomic E-state index is 12.5. The van der Waals surface area contributed by atoms with Crippen LogP contribution < -0.4 is 14.8 Å². The molecule has 1 amide bonds. The zero-order valence-electron chi connectivity index (χ0n) is 20.2. The molecule has 0 aliphatic rings. The Morgan fingerprint density at radius 2 is 1.53 bits per heavy atom. The molecule has 0 saturated heterocycles. The molecular formula is C28H31N3O3. The van der Waals surface area contributed by atoms with Crippen LogP contribution in [0, 0.1) is 27.7 Å². The Kier molecular flexibility index (Phi) is 7.16. The van der Waals surface area contributed by atoms with Gasteiger partial charge in [-0.05, 0) is 74.2 Å². The Bertz CT molecular complexity index is 1310. The van der Waals surface area contributed by atoms with Gasteiger partial charge in [-0.15, -0.1) is 0 Å². The number of nitrogens with zero attached hydrogens (tertiary/aromatic N) is 2. The molecule has 0 radical (unpaired) electrons. The molecule has 34 heavy (non-hydrogen) atoms. The Balaban J connectivity index is 1.40. The molecule has 0 unspecified atom stereocenters. The number of fused-ring (bicyclic) bond motifs is 1. The van der Waals surface area contributed by atoms with E-state index in [1.807, 2.05) is 63.2 Å². The molecule has 4 aromatic rings. The summed E-state index contributed by atoms with van der Waals surface area (Å²) in [6, 6.07) is 20.1. The number of hydrogen-bond acceptors (Lipinski definition) is 4. The minimum absolute atomic E-state index is 0.0414. The van der Waals surface area contributed by atoms with Crippen molar-refractivity contribution >= 4 is 16.9 Å². The van der Waals surface area contributed by atoms with Gasteiger partial charge in [0.1, 0.15) is 23.9 Å². The van der Waals surface area contributed by atoms with Crippen LogP contribution in [-0.2, 0) is 17.9 Å². The first kappa shape index (κ1) is 23.4. The van der Waals surface area contributed by atoms with Crippen LogP contribution in [0.4, 0.5) is 0 Å². The molecule has 0 atom stereocenters. The highest BCUT2D eigenvalue weighted by Crippen LogP contribution is 2.21. The van der Waals surface area contributed by atoms with Crippen molar-refractivity contribution in [3.63, 3.8) is 0 Å². The van der Waals surface area contributed by atoms with E-state index in [1.54, 1.807) is 0 Å². The lowest BCUT2D eigenvalue weighted by atomic mass is 10.1. The first-order valence-electron chi connectivity index (χ1n) is 11.5. The zero-order chi connectivity index (χ0) is 24.1. The van der Waals surface area contributed by atoms with E-state index in [2.05, 4.69) is 35.0 Å². The van der Waals surface area contributed by atoms with Crippen LogP contribution in [0.1, 0.15) is 28.1 Å². The summed E-state index contributed by atoms with van der Waals surface area (Å²) in [5, 5.41) is 2.94. The third-order valence-electron chi connectivity index (χ3n) is 5.80. The number of para-hydroxylation sites is 2. The van der Waals surface area contributed by atoms with Crippen molar-refractivity contribution in [2.45, 2.75) is 40.8 Å². The highest BCUT2D eigenvalue weighted by Gasteiger charge is 2.13. The number of carbonyl (C=O) groups excluding carboxylic acids is 1. The van der Waals surface area contributed by atoms with E-state index in [0.29, 0.717) is 19.7 Å². The van der Waals surface area contributed by atoms with E-state index in [4.69, 9.17) is 14.5 Å². The van der Waals surface area contributed by atoms with Crippen LogP contribution in [0.5, 0.6) is 11.5 Å². The minimum Gasteiger partial charge on any atom is -0.491 e. The van der Waals surface area contributed by atoms with Gasteiger partial charge in [0, 0.05) is 0 Å². The Labute approximate surface area is 200 Å². The third-order valence-corrected chi connectivity index (χ3v) is 5.80. The van der Waals surface area contributed by atoms with Gasteiger partial charge in [-0.3, -0.25) is 4.79 Å². The van der Waals surface area contributed by atoms with E-state index in [9.17, 15) is 4.79 Å². The molecule has 176 valence electrons. The molecule has 0 saturated carbocycles. The molecule has 3 aromatic carbocycles. The van der Waals surface area contributed by atoms with Crippen LogP contribution in [0.3, 0.4) is 0 Å². The van der Waals surface area contributed by atoms with E-state index in [1.165, 1.54) is 5.56 Å². The largest absolute Gasteiger partial charge is 0.491 e. The molecule has 1 aromatic heterocycles. The smallest absolute Gasteiger partial charge is 0.258 e. The summed E-state index contributed by atoms with van der Waals surface area (Å²) in [5.74, 6) is 2.21. The molecule has 0 aliphatic carbocycles. The van der Waals surface area contributed by atoms with Crippen molar-refractivity contribution in [3.8, 4) is 11.5 Å². The lowest BCUT2D eigenvalue weighted by Crippen LogP contribution is -2.30. The van der Waals surface area contributed by atoms with Gasteiger partial charge in [-0.2, -0.15) is 0 Å². The average Bonchev–Trinajstić information content (AvgIpc) is 3.18. The molecule has 1 heterocycles. The first-order chi connectivity index (χ1) is 16.4. The van der Waals surface area contributed by atoms with Gasteiger partial charge in [0.25, 0.3) is 5.91 Å². The molecule has 6 nitrogen and oxygen atoms in total. The van der Waals surface area contributed by atoms with Gasteiger partial charge in [0.05, 0.1) is 24.1 Å². The number of imidazole rings is 1. The quantitative estimate of drug-likeness (QED) is 0.382. The summed E-state index contributed by atoms with van der Waals surface area (Å²) >= 11 is 0. The number of aromatic nitrogens is 2. The summed E-state index contributed by atoms with van der Waals surface area (Å²) in [7, 11) is 0. The number of hydrogen-bond donors (Lipinski definition) is 1. The summed E-state index contributed by atoms with van der Waals surface area (Å²) in [4.78, 5) is 17.2. The molecule has 0 fully saturated rings. The molecule has 0 spiro atoms. The van der Waals surface area contributed by atoms with Gasteiger partial charge >= 0.3 is 0 Å². The van der Waals surface area contributed by atoms with E-state index >= 15 is 0 Å². The second-order valence-corrected chi connectivity index (χ2v) is 8.62. The maximum absolute atomic E-state index is 12.5. The highest BCUT2D eigenvalue weighted by molar-refractivity contribution is 5.78. The highest BCUT2D eigenvalue weighted by atomic mass is 16.5. The lowest BCUT2D eigenvalue weighted by Gasteiger charge is -2.13. The summed E-state index contributed by atoms with van der Waals surface area (Å²) in [6.07, 6.45) is 0. The standard InChI is InChI=1S/C28H31N3O3/c1-19-9-11-21(3)25(15-19)33-14-13-31-24-8-6-5-7-23(24)30-27(31)17-29-28(32)18-34-26-16-20(2)10-12-22(26)4/h5-12,15-16H,13-14,17-18H2,1-4H3,(H,29,32). The minimum atomic E-state index is -0.189. The first-order valence-corrected chi connectivity index (χ1v) is 11.5. The number of amides is 1. The Hall–Kier alpha value is -3.80. The van der Waals surface area contributed by atoms with Crippen molar-refractivity contribution in [2.24, 2.45) is 0 Å². The van der Waals surface area contributed by atoms with Crippen LogP contribution in [0.2, 0.25) is 0 Å². The van der Waals surface area contributed by atoms with Crippen molar-refractivity contribution in [1.82, 2.24) is 14.9 Å².